The zero-order chi connectivity index (χ0) is 27.3. The quantitative estimate of drug-likeness (QED) is 0.404. The van der Waals surface area contributed by atoms with Gasteiger partial charge >= 0.3 is 5.97 Å². The number of nitrogens with zero attached hydrogens (tertiary/aromatic N) is 1. The molecule has 5 aliphatic rings. The van der Waals surface area contributed by atoms with Crippen molar-refractivity contribution in [2.24, 2.45) is 28.6 Å². The zero-order valence-electron chi connectivity index (χ0n) is 21.0. The Labute approximate surface area is 229 Å². The van der Waals surface area contributed by atoms with Crippen LogP contribution in [0, 0.1) is 28.6 Å². The molecule has 1 saturated heterocycles. The van der Waals surface area contributed by atoms with E-state index in [1.807, 2.05) is 6.92 Å². The number of hydroxylamine groups is 1. The molecule has 0 spiro atoms. The number of halogens is 4. The van der Waals surface area contributed by atoms with Gasteiger partial charge in [-0.15, -0.1) is 0 Å². The monoisotopic (exact) mass is 567 g/mol. The van der Waals surface area contributed by atoms with Crippen LogP contribution in [-0.2, 0) is 19.2 Å². The Hall–Kier alpha value is -2.00. The highest BCUT2D eigenvalue weighted by Gasteiger charge is 2.80. The number of aliphatic hydroxyl groups excluding tert-OH is 1. The van der Waals surface area contributed by atoms with Crippen molar-refractivity contribution in [1.29, 1.82) is 0 Å². The van der Waals surface area contributed by atoms with Crippen molar-refractivity contribution in [2.75, 3.05) is 17.7 Å². The molecule has 6 rings (SSSR count). The summed E-state index contributed by atoms with van der Waals surface area (Å²) in [4.78, 5) is 32.2. The molecular formula is C28H29Cl2F2NO5. The molecule has 1 aromatic carbocycles. The van der Waals surface area contributed by atoms with E-state index in [-0.39, 0.29) is 18.4 Å². The Morgan fingerprint density at radius 3 is 2.63 bits per heavy atom. The van der Waals surface area contributed by atoms with Gasteiger partial charge in [-0.05, 0) is 74.1 Å². The molecule has 9 atom stereocenters. The van der Waals surface area contributed by atoms with E-state index in [0.717, 1.165) is 0 Å². The number of esters is 1. The first-order chi connectivity index (χ1) is 17.9. The van der Waals surface area contributed by atoms with Crippen molar-refractivity contribution in [3.05, 3.63) is 53.1 Å². The van der Waals surface area contributed by atoms with Gasteiger partial charge in [-0.3, -0.25) is 14.7 Å². The standard InChI is InChI=1S/C28H29Cl2F2NO5/c1-25-8-7-18(34)10-21(25)22(31)11-20-19-9-15-13-33(17-5-3-16(30)4-6-17)38-28(15,24(36)37-14-29)26(19,2)12-23(35)27(20,25)32/h3-8,10,15,19-20,22-23,35H,9,11-14H2,1-2H3/t15-,19?,20-,22-,23-,25-,26-,27-,28-/m0/s1. The van der Waals surface area contributed by atoms with Crippen LogP contribution in [0.5, 0.6) is 0 Å². The number of benzene rings is 1. The van der Waals surface area contributed by atoms with Gasteiger partial charge in [0.1, 0.15) is 6.17 Å². The van der Waals surface area contributed by atoms with E-state index in [1.54, 1.807) is 36.3 Å². The molecule has 10 heteroatoms. The molecule has 3 saturated carbocycles. The summed E-state index contributed by atoms with van der Waals surface area (Å²) in [5.74, 6) is -2.93. The van der Waals surface area contributed by atoms with E-state index in [0.29, 0.717) is 23.7 Å². The number of allylic oxidation sites excluding steroid dienone is 4. The third kappa shape index (κ3) is 3.12. The maximum Gasteiger partial charge on any atom is 0.343 e. The predicted molar refractivity (Wildman–Crippen MR) is 137 cm³/mol. The Bertz CT molecular complexity index is 1260. The zero-order valence-corrected chi connectivity index (χ0v) is 22.5. The van der Waals surface area contributed by atoms with Gasteiger partial charge in [0.25, 0.3) is 0 Å². The maximum atomic E-state index is 17.4. The van der Waals surface area contributed by atoms with Gasteiger partial charge in [-0.25, -0.2) is 13.6 Å². The van der Waals surface area contributed by atoms with Crippen molar-refractivity contribution in [1.82, 2.24) is 0 Å². The summed E-state index contributed by atoms with van der Waals surface area (Å²) < 4.78 is 38.5. The molecule has 1 heterocycles. The molecule has 0 amide bonds. The van der Waals surface area contributed by atoms with Crippen molar-refractivity contribution in [2.45, 2.75) is 56.7 Å². The number of aliphatic hydroxyl groups is 1. The number of hydrogen-bond donors (Lipinski definition) is 1. The van der Waals surface area contributed by atoms with Gasteiger partial charge in [0, 0.05) is 27.7 Å². The third-order valence-corrected chi connectivity index (χ3v) is 10.6. The molecule has 0 aromatic heterocycles. The molecule has 1 aromatic rings. The molecule has 1 unspecified atom stereocenters. The third-order valence-electron chi connectivity index (χ3n) is 10.2. The highest BCUT2D eigenvalue weighted by molar-refractivity contribution is 6.30. The second kappa shape index (κ2) is 8.50. The van der Waals surface area contributed by atoms with E-state index in [9.17, 15) is 14.7 Å². The largest absolute Gasteiger partial charge is 0.447 e. The van der Waals surface area contributed by atoms with Crippen LogP contribution in [0.15, 0.2) is 48.1 Å². The second-order valence-electron chi connectivity index (χ2n) is 11.7. The van der Waals surface area contributed by atoms with Gasteiger partial charge in [-0.2, -0.15) is 0 Å². The Morgan fingerprint density at radius 2 is 1.95 bits per heavy atom. The van der Waals surface area contributed by atoms with Gasteiger partial charge in [0.15, 0.2) is 17.5 Å². The highest BCUT2D eigenvalue weighted by Crippen LogP contribution is 2.72. The van der Waals surface area contributed by atoms with Crippen molar-refractivity contribution >= 4 is 40.6 Å². The average Bonchev–Trinajstić information content (AvgIpc) is 3.37. The maximum absolute atomic E-state index is 17.4. The Kier molecular flexibility index (Phi) is 5.87. The summed E-state index contributed by atoms with van der Waals surface area (Å²) in [6.07, 6.45) is 0.746. The highest BCUT2D eigenvalue weighted by atomic mass is 35.5. The van der Waals surface area contributed by atoms with E-state index in [4.69, 9.17) is 32.8 Å². The van der Waals surface area contributed by atoms with Crippen LogP contribution in [0.4, 0.5) is 14.5 Å². The van der Waals surface area contributed by atoms with E-state index in [2.05, 4.69) is 0 Å². The van der Waals surface area contributed by atoms with Crippen LogP contribution in [0.2, 0.25) is 5.02 Å². The predicted octanol–water partition coefficient (Wildman–Crippen LogP) is 5.11. The summed E-state index contributed by atoms with van der Waals surface area (Å²) in [5.41, 5.74) is -5.65. The Morgan fingerprint density at radius 1 is 1.24 bits per heavy atom. The van der Waals surface area contributed by atoms with Gasteiger partial charge < -0.3 is 9.84 Å². The molecule has 1 aliphatic heterocycles. The summed E-state index contributed by atoms with van der Waals surface area (Å²) >= 11 is 11.9. The van der Waals surface area contributed by atoms with Gasteiger partial charge in [0.05, 0.1) is 18.3 Å². The first-order valence-corrected chi connectivity index (χ1v) is 13.8. The van der Waals surface area contributed by atoms with Crippen molar-refractivity contribution < 1.29 is 33.1 Å². The number of ether oxygens (including phenoxy) is 1. The molecule has 4 aliphatic carbocycles. The molecule has 1 N–H and O–H groups in total. The smallest absolute Gasteiger partial charge is 0.343 e. The minimum absolute atomic E-state index is 0.0611. The molecular weight excluding hydrogens is 539 g/mol. The van der Waals surface area contributed by atoms with Crippen LogP contribution < -0.4 is 5.06 Å². The first kappa shape index (κ1) is 26.2. The lowest BCUT2D eigenvalue weighted by Crippen LogP contribution is -2.70. The number of anilines is 1. The number of carbonyl (C=O) groups excluding carboxylic acids is 2. The fraction of sp³-hybridized carbons (Fsp3) is 0.571. The minimum atomic E-state index is -2.24. The van der Waals surface area contributed by atoms with E-state index in [1.165, 1.54) is 18.2 Å². The normalized spacial score (nSPS) is 45.1. The lowest BCUT2D eigenvalue weighted by atomic mass is 9.44. The SMILES string of the molecule is C[C@]12C=CC(=O)C=C1[C@@H](F)C[C@H]1C3C[C@H]4CN(c5ccc(Cl)cc5)O[C@@]4(C(=O)OCCl)[C@@]3(C)C[C@H](O)[C@@]12F. The van der Waals surface area contributed by atoms with Crippen LogP contribution in [0.25, 0.3) is 0 Å². The number of carbonyl (C=O) groups is 2. The topological polar surface area (TPSA) is 76.1 Å². The van der Waals surface area contributed by atoms with Crippen LogP contribution in [-0.4, -0.2) is 53.0 Å². The molecule has 0 radical (unpaired) electrons. The van der Waals surface area contributed by atoms with Crippen LogP contribution in [0.1, 0.15) is 33.1 Å². The van der Waals surface area contributed by atoms with Crippen molar-refractivity contribution in [3.8, 4) is 0 Å². The number of rotatable bonds is 3. The average molecular weight is 568 g/mol. The van der Waals surface area contributed by atoms with Crippen molar-refractivity contribution in [3.63, 3.8) is 0 Å². The molecule has 204 valence electrons. The number of fused-ring (bicyclic) bond motifs is 7. The van der Waals surface area contributed by atoms with Gasteiger partial charge in [-0.1, -0.05) is 36.2 Å². The molecule has 0 bridgehead atoms. The molecule has 4 fully saturated rings. The number of hydrogen-bond acceptors (Lipinski definition) is 6. The lowest BCUT2D eigenvalue weighted by molar-refractivity contribution is -0.234. The Balaban J connectivity index is 1.44. The lowest BCUT2D eigenvalue weighted by Gasteiger charge is -2.63. The molecule has 6 nitrogen and oxygen atoms in total. The molecule has 38 heavy (non-hydrogen) atoms. The number of ketones is 1. The summed E-state index contributed by atoms with van der Waals surface area (Å²) in [5, 5.41) is 13.7. The van der Waals surface area contributed by atoms with Gasteiger partial charge in [0.2, 0.25) is 5.60 Å². The second-order valence-corrected chi connectivity index (χ2v) is 12.4. The number of alkyl halides is 3. The van der Waals surface area contributed by atoms with E-state index >= 15 is 8.78 Å². The fourth-order valence-corrected chi connectivity index (χ4v) is 8.73. The van der Waals surface area contributed by atoms with Crippen LogP contribution >= 0.6 is 23.2 Å². The summed E-state index contributed by atoms with van der Waals surface area (Å²) in [6.45, 7) is 3.67. The first-order valence-electron chi connectivity index (χ1n) is 12.8. The van der Waals surface area contributed by atoms with Crippen LogP contribution in [0.3, 0.4) is 0 Å². The fourth-order valence-electron chi connectivity index (χ4n) is 8.51. The van der Waals surface area contributed by atoms with E-state index < -0.39 is 69.9 Å². The minimum Gasteiger partial charge on any atom is -0.447 e. The summed E-state index contributed by atoms with van der Waals surface area (Å²) in [6, 6.07) is 6.57. The summed E-state index contributed by atoms with van der Waals surface area (Å²) in [7, 11) is 0.